The SMILES string of the molecule is Cc1cc(NC(=O)COC(=O)CCC(=O)Nc2ccccc2)no1. The fourth-order valence-corrected chi connectivity index (χ4v) is 1.78. The molecule has 126 valence electrons. The Kier molecular flexibility index (Phi) is 6.07. The lowest BCUT2D eigenvalue weighted by atomic mass is 10.2. The minimum Gasteiger partial charge on any atom is -0.456 e. The molecule has 0 radical (unpaired) electrons. The molecule has 0 bridgehead atoms. The lowest BCUT2D eigenvalue weighted by molar-refractivity contribution is -0.147. The molecule has 0 saturated carbocycles. The van der Waals surface area contributed by atoms with Gasteiger partial charge in [0.15, 0.2) is 12.4 Å². The number of benzene rings is 1. The number of nitrogens with one attached hydrogen (secondary N) is 2. The molecule has 2 rings (SSSR count). The molecular weight excluding hydrogens is 314 g/mol. The number of anilines is 2. The Balaban J connectivity index is 1.64. The maximum absolute atomic E-state index is 11.7. The fourth-order valence-electron chi connectivity index (χ4n) is 1.78. The minimum absolute atomic E-state index is 0.0299. The van der Waals surface area contributed by atoms with Crippen LogP contribution >= 0.6 is 0 Å². The Hall–Kier alpha value is -3.16. The van der Waals surface area contributed by atoms with Crippen molar-refractivity contribution < 1.29 is 23.6 Å². The molecular formula is C16H17N3O5. The van der Waals surface area contributed by atoms with E-state index >= 15 is 0 Å². The highest BCUT2D eigenvalue weighted by Crippen LogP contribution is 2.07. The molecule has 0 fully saturated rings. The van der Waals surface area contributed by atoms with Gasteiger partial charge in [-0.15, -0.1) is 0 Å². The number of hydrogen-bond donors (Lipinski definition) is 2. The van der Waals surface area contributed by atoms with Gasteiger partial charge >= 0.3 is 5.97 Å². The largest absolute Gasteiger partial charge is 0.456 e. The third-order valence-corrected chi connectivity index (χ3v) is 2.87. The van der Waals surface area contributed by atoms with Crippen molar-refractivity contribution in [3.63, 3.8) is 0 Å². The lowest BCUT2D eigenvalue weighted by Gasteiger charge is -2.06. The zero-order chi connectivity index (χ0) is 17.4. The average molecular weight is 331 g/mol. The number of aromatic nitrogens is 1. The molecule has 0 saturated heterocycles. The molecule has 8 nitrogen and oxygen atoms in total. The average Bonchev–Trinajstić information content (AvgIpc) is 2.97. The van der Waals surface area contributed by atoms with E-state index in [0.717, 1.165) is 0 Å². The van der Waals surface area contributed by atoms with Crippen molar-refractivity contribution in [2.75, 3.05) is 17.2 Å². The number of aryl methyl sites for hydroxylation is 1. The smallest absolute Gasteiger partial charge is 0.306 e. The maximum atomic E-state index is 11.7. The van der Waals surface area contributed by atoms with Crippen molar-refractivity contribution in [2.45, 2.75) is 19.8 Å². The number of esters is 1. The summed E-state index contributed by atoms with van der Waals surface area (Å²) in [5, 5.41) is 8.65. The van der Waals surface area contributed by atoms with Crippen LogP contribution in [0.15, 0.2) is 40.9 Å². The summed E-state index contributed by atoms with van der Waals surface area (Å²) in [7, 11) is 0. The molecule has 2 amide bonds. The molecule has 1 aromatic heterocycles. The highest BCUT2D eigenvalue weighted by atomic mass is 16.5. The third kappa shape index (κ3) is 5.91. The summed E-state index contributed by atoms with van der Waals surface area (Å²) in [6, 6.07) is 10.4. The highest BCUT2D eigenvalue weighted by Gasteiger charge is 2.12. The van der Waals surface area contributed by atoms with Gasteiger partial charge in [-0.2, -0.15) is 0 Å². The van der Waals surface area contributed by atoms with Crippen LogP contribution in [0.3, 0.4) is 0 Å². The van der Waals surface area contributed by atoms with Gasteiger partial charge in [-0.25, -0.2) is 0 Å². The molecule has 0 aliphatic heterocycles. The second-order valence-corrected chi connectivity index (χ2v) is 4.95. The second-order valence-electron chi connectivity index (χ2n) is 4.95. The fraction of sp³-hybridized carbons (Fsp3) is 0.250. The number of nitrogens with zero attached hydrogens (tertiary/aromatic N) is 1. The number of rotatable bonds is 7. The molecule has 2 aromatic rings. The van der Waals surface area contributed by atoms with Crippen LogP contribution in [0.1, 0.15) is 18.6 Å². The van der Waals surface area contributed by atoms with E-state index in [1.54, 1.807) is 31.2 Å². The van der Waals surface area contributed by atoms with Crippen LogP contribution in [0.2, 0.25) is 0 Å². The van der Waals surface area contributed by atoms with E-state index in [-0.39, 0.29) is 24.6 Å². The summed E-state index contributed by atoms with van der Waals surface area (Å²) in [6.45, 7) is 1.23. The molecule has 0 aliphatic carbocycles. The van der Waals surface area contributed by atoms with E-state index in [0.29, 0.717) is 11.4 Å². The Labute approximate surface area is 138 Å². The monoisotopic (exact) mass is 331 g/mol. The van der Waals surface area contributed by atoms with Crippen molar-refractivity contribution in [1.82, 2.24) is 5.16 Å². The first-order valence-electron chi connectivity index (χ1n) is 7.26. The Morgan fingerprint density at radius 1 is 1.08 bits per heavy atom. The highest BCUT2D eigenvalue weighted by molar-refractivity contribution is 5.94. The van der Waals surface area contributed by atoms with Gasteiger partial charge in [0.1, 0.15) is 5.76 Å². The zero-order valence-electron chi connectivity index (χ0n) is 13.1. The van der Waals surface area contributed by atoms with Gasteiger partial charge in [0.25, 0.3) is 5.91 Å². The standard InChI is InChI=1S/C16H17N3O5/c1-11-9-13(19-24-11)18-15(21)10-23-16(22)8-7-14(20)17-12-5-3-2-4-6-12/h2-6,9H,7-8,10H2,1H3,(H,17,20)(H,18,19,21). The van der Waals surface area contributed by atoms with Gasteiger partial charge in [-0.3, -0.25) is 14.4 Å². The number of hydrogen-bond acceptors (Lipinski definition) is 6. The molecule has 0 atom stereocenters. The molecule has 1 heterocycles. The third-order valence-electron chi connectivity index (χ3n) is 2.87. The predicted octanol–water partition coefficient (Wildman–Crippen LogP) is 1.88. The van der Waals surface area contributed by atoms with Gasteiger partial charge in [0.2, 0.25) is 5.91 Å². The van der Waals surface area contributed by atoms with Crippen LogP contribution in [0, 0.1) is 6.92 Å². The van der Waals surface area contributed by atoms with Crippen LogP contribution in [0.25, 0.3) is 0 Å². The second kappa shape index (κ2) is 8.47. The van der Waals surface area contributed by atoms with Crippen molar-refractivity contribution in [1.29, 1.82) is 0 Å². The lowest BCUT2D eigenvalue weighted by Crippen LogP contribution is -2.21. The maximum Gasteiger partial charge on any atom is 0.306 e. The van der Waals surface area contributed by atoms with E-state index in [1.165, 1.54) is 6.07 Å². The van der Waals surface area contributed by atoms with Gasteiger partial charge in [-0.05, 0) is 19.1 Å². The molecule has 0 unspecified atom stereocenters. The number of para-hydroxylation sites is 1. The van der Waals surface area contributed by atoms with Crippen LogP contribution in [0.4, 0.5) is 11.5 Å². The number of carbonyl (C=O) groups excluding carboxylic acids is 3. The van der Waals surface area contributed by atoms with Gasteiger partial charge < -0.3 is 19.9 Å². The molecule has 0 aliphatic rings. The molecule has 24 heavy (non-hydrogen) atoms. The van der Waals surface area contributed by atoms with E-state index in [2.05, 4.69) is 15.8 Å². The first-order valence-corrected chi connectivity index (χ1v) is 7.26. The molecule has 0 spiro atoms. The Morgan fingerprint density at radius 3 is 2.50 bits per heavy atom. The topological polar surface area (TPSA) is 111 Å². The first-order chi connectivity index (χ1) is 11.5. The van der Waals surface area contributed by atoms with Crippen LogP contribution in [-0.2, 0) is 19.1 Å². The van der Waals surface area contributed by atoms with E-state index in [4.69, 9.17) is 9.26 Å². The van der Waals surface area contributed by atoms with Crippen molar-refractivity contribution in [3.8, 4) is 0 Å². The Morgan fingerprint density at radius 2 is 1.83 bits per heavy atom. The summed E-state index contributed by atoms with van der Waals surface area (Å²) in [5.74, 6) is -0.682. The van der Waals surface area contributed by atoms with Gasteiger partial charge in [-0.1, -0.05) is 23.4 Å². The van der Waals surface area contributed by atoms with Gasteiger partial charge in [0.05, 0.1) is 6.42 Å². The molecule has 1 aromatic carbocycles. The number of ether oxygens (including phenoxy) is 1. The molecule has 8 heteroatoms. The minimum atomic E-state index is -0.635. The van der Waals surface area contributed by atoms with E-state index < -0.39 is 18.5 Å². The van der Waals surface area contributed by atoms with Crippen LogP contribution in [-0.4, -0.2) is 29.5 Å². The summed E-state index contributed by atoms with van der Waals surface area (Å²) in [5.41, 5.74) is 0.651. The van der Waals surface area contributed by atoms with Crippen molar-refractivity contribution >= 4 is 29.3 Å². The first kappa shape index (κ1) is 17.2. The molecule has 2 N–H and O–H groups in total. The van der Waals surface area contributed by atoms with E-state index in [9.17, 15) is 14.4 Å². The van der Waals surface area contributed by atoms with E-state index in [1.807, 2.05) is 6.07 Å². The normalized spacial score (nSPS) is 10.0. The summed E-state index contributed by atoms with van der Waals surface area (Å²) in [4.78, 5) is 34.8. The number of carbonyl (C=O) groups is 3. The Bertz CT molecular complexity index is 712. The summed E-state index contributed by atoms with van der Waals surface area (Å²) < 4.78 is 9.58. The van der Waals surface area contributed by atoms with Crippen molar-refractivity contribution in [2.24, 2.45) is 0 Å². The summed E-state index contributed by atoms with van der Waals surface area (Å²) >= 11 is 0. The number of amides is 2. The zero-order valence-corrected chi connectivity index (χ0v) is 13.1. The van der Waals surface area contributed by atoms with Crippen LogP contribution < -0.4 is 10.6 Å². The van der Waals surface area contributed by atoms with Crippen molar-refractivity contribution in [3.05, 3.63) is 42.2 Å². The van der Waals surface area contributed by atoms with Gasteiger partial charge in [0, 0.05) is 18.2 Å². The predicted molar refractivity (Wildman–Crippen MR) is 85.1 cm³/mol. The quantitative estimate of drug-likeness (QED) is 0.750. The van der Waals surface area contributed by atoms with Crippen LogP contribution in [0.5, 0.6) is 0 Å². The summed E-state index contributed by atoms with van der Waals surface area (Å²) in [6.07, 6.45) is -0.146.